The molecule has 8 nitrogen and oxygen atoms in total. The highest BCUT2D eigenvalue weighted by atomic mass is 16.5. The molecule has 0 aliphatic heterocycles. The fraction of sp³-hybridized carbons (Fsp3) is 0.267. The van der Waals surface area contributed by atoms with Gasteiger partial charge < -0.3 is 25.2 Å². The van der Waals surface area contributed by atoms with Gasteiger partial charge in [0.25, 0.3) is 0 Å². The number of nitrogens with one attached hydrogen (secondary N) is 2. The number of amides is 2. The normalized spacial score (nSPS) is 10.2. The molecule has 8 heteroatoms. The molecule has 0 bridgehead atoms. The fourth-order valence-corrected chi connectivity index (χ4v) is 1.60. The topological polar surface area (TPSA) is 114 Å². The van der Waals surface area contributed by atoms with Crippen molar-refractivity contribution in [3.63, 3.8) is 0 Å². The predicted octanol–water partition coefficient (Wildman–Crippen LogP) is 0.0340. The number of rotatable bonds is 8. The summed E-state index contributed by atoms with van der Waals surface area (Å²) in [5.74, 6) is -1.07. The van der Waals surface area contributed by atoms with Crippen LogP contribution in [0.15, 0.2) is 24.3 Å². The lowest BCUT2D eigenvalue weighted by Crippen LogP contribution is -2.38. The van der Waals surface area contributed by atoms with Crippen LogP contribution in [-0.4, -0.2) is 50.2 Å². The zero-order valence-corrected chi connectivity index (χ0v) is 12.8. The van der Waals surface area contributed by atoms with Crippen LogP contribution in [0.1, 0.15) is 5.56 Å². The summed E-state index contributed by atoms with van der Waals surface area (Å²) in [6.45, 7) is -0.808. The molecule has 0 fully saturated rings. The number of ether oxygens (including phenoxy) is 2. The van der Waals surface area contributed by atoms with Crippen LogP contribution in [0.3, 0.4) is 0 Å². The minimum atomic E-state index is -1.16. The van der Waals surface area contributed by atoms with Crippen LogP contribution in [0.25, 0.3) is 6.08 Å². The van der Waals surface area contributed by atoms with Crippen LogP contribution >= 0.6 is 0 Å². The minimum Gasteiger partial charge on any atom is -0.497 e. The van der Waals surface area contributed by atoms with Crippen molar-refractivity contribution in [1.29, 1.82) is 0 Å². The SMILES string of the molecule is COc1ccc(OC)c(/C=C/C(=O)NCC(=O)NCC(=O)O)c1. The number of methoxy groups -OCH3 is 2. The van der Waals surface area contributed by atoms with E-state index in [0.29, 0.717) is 17.1 Å². The first-order chi connectivity index (χ1) is 11.0. The summed E-state index contributed by atoms with van der Waals surface area (Å²) in [7, 11) is 3.03. The average Bonchev–Trinajstić information content (AvgIpc) is 2.55. The van der Waals surface area contributed by atoms with Gasteiger partial charge in [0.2, 0.25) is 11.8 Å². The van der Waals surface area contributed by atoms with E-state index < -0.39 is 24.3 Å². The van der Waals surface area contributed by atoms with Crippen molar-refractivity contribution in [3.8, 4) is 11.5 Å². The largest absolute Gasteiger partial charge is 0.497 e. The molecule has 0 saturated carbocycles. The zero-order valence-electron chi connectivity index (χ0n) is 12.8. The van der Waals surface area contributed by atoms with Gasteiger partial charge in [-0.25, -0.2) is 0 Å². The number of carboxylic acids is 1. The van der Waals surface area contributed by atoms with E-state index in [1.165, 1.54) is 26.4 Å². The number of carbonyl (C=O) groups is 3. The van der Waals surface area contributed by atoms with Gasteiger partial charge in [0.1, 0.15) is 18.0 Å². The van der Waals surface area contributed by atoms with Crippen molar-refractivity contribution < 1.29 is 29.0 Å². The maximum absolute atomic E-state index is 11.6. The summed E-state index contributed by atoms with van der Waals surface area (Å²) >= 11 is 0. The molecule has 1 aromatic carbocycles. The van der Waals surface area contributed by atoms with Gasteiger partial charge in [-0.05, 0) is 24.3 Å². The third-order valence-electron chi connectivity index (χ3n) is 2.71. The van der Waals surface area contributed by atoms with Crippen LogP contribution in [0.5, 0.6) is 11.5 Å². The van der Waals surface area contributed by atoms with Crippen molar-refractivity contribution in [2.45, 2.75) is 0 Å². The molecule has 0 heterocycles. The Labute approximate surface area is 133 Å². The highest BCUT2D eigenvalue weighted by Crippen LogP contribution is 2.24. The van der Waals surface area contributed by atoms with E-state index in [1.807, 2.05) is 0 Å². The molecule has 23 heavy (non-hydrogen) atoms. The third-order valence-corrected chi connectivity index (χ3v) is 2.71. The molecule has 0 aliphatic rings. The molecule has 0 spiro atoms. The zero-order chi connectivity index (χ0) is 17.2. The van der Waals surface area contributed by atoms with E-state index in [9.17, 15) is 14.4 Å². The Hall–Kier alpha value is -3.03. The minimum absolute atomic E-state index is 0.314. The van der Waals surface area contributed by atoms with Crippen LogP contribution < -0.4 is 20.1 Å². The maximum Gasteiger partial charge on any atom is 0.322 e. The molecular formula is C15H18N2O6. The third kappa shape index (κ3) is 6.51. The Kier molecular flexibility index (Phi) is 7.12. The molecule has 2 amide bonds. The van der Waals surface area contributed by atoms with Crippen LogP contribution in [0.4, 0.5) is 0 Å². The van der Waals surface area contributed by atoms with Crippen molar-refractivity contribution in [2.24, 2.45) is 0 Å². The highest BCUT2D eigenvalue weighted by Gasteiger charge is 2.06. The first-order valence-corrected chi connectivity index (χ1v) is 6.62. The van der Waals surface area contributed by atoms with Crippen LogP contribution in [0.2, 0.25) is 0 Å². The number of hydrogen-bond acceptors (Lipinski definition) is 5. The molecule has 0 aromatic heterocycles. The van der Waals surface area contributed by atoms with E-state index in [2.05, 4.69) is 10.6 Å². The molecule has 0 unspecified atom stereocenters. The number of benzene rings is 1. The molecule has 1 rings (SSSR count). The highest BCUT2D eigenvalue weighted by molar-refractivity contribution is 5.95. The average molecular weight is 322 g/mol. The second-order valence-corrected chi connectivity index (χ2v) is 4.33. The van der Waals surface area contributed by atoms with E-state index >= 15 is 0 Å². The van der Waals surface area contributed by atoms with Gasteiger partial charge in [0, 0.05) is 11.6 Å². The van der Waals surface area contributed by atoms with E-state index in [4.69, 9.17) is 14.6 Å². The summed E-state index contributed by atoms with van der Waals surface area (Å²) in [5.41, 5.74) is 0.636. The lowest BCUT2D eigenvalue weighted by molar-refractivity contribution is -0.137. The van der Waals surface area contributed by atoms with Gasteiger partial charge in [-0.1, -0.05) is 0 Å². The Bertz CT molecular complexity index is 612. The monoisotopic (exact) mass is 322 g/mol. The second-order valence-electron chi connectivity index (χ2n) is 4.33. The summed E-state index contributed by atoms with van der Waals surface area (Å²) < 4.78 is 10.3. The van der Waals surface area contributed by atoms with Crippen molar-refractivity contribution in [3.05, 3.63) is 29.8 Å². The molecule has 3 N–H and O–H groups in total. The first-order valence-electron chi connectivity index (χ1n) is 6.62. The maximum atomic E-state index is 11.6. The van der Waals surface area contributed by atoms with E-state index in [1.54, 1.807) is 18.2 Å². The lowest BCUT2D eigenvalue weighted by atomic mass is 10.1. The fourth-order valence-electron chi connectivity index (χ4n) is 1.60. The number of carboxylic acid groups (broad SMARTS) is 1. The molecule has 0 saturated heterocycles. The van der Waals surface area contributed by atoms with Crippen LogP contribution in [-0.2, 0) is 14.4 Å². The molecule has 0 radical (unpaired) electrons. The molecule has 0 atom stereocenters. The molecule has 1 aromatic rings. The summed E-state index contributed by atoms with van der Waals surface area (Å²) in [5, 5.41) is 12.9. The standard InChI is InChI=1S/C15H18N2O6/c1-22-11-4-5-12(23-2)10(7-11)3-6-13(18)16-8-14(19)17-9-15(20)21/h3-7H,8-9H2,1-2H3,(H,16,18)(H,17,19)(H,20,21)/b6-3+. The van der Waals surface area contributed by atoms with Crippen molar-refractivity contribution in [1.82, 2.24) is 10.6 Å². The van der Waals surface area contributed by atoms with Gasteiger partial charge >= 0.3 is 5.97 Å². The van der Waals surface area contributed by atoms with Crippen molar-refractivity contribution >= 4 is 23.9 Å². The number of hydrogen-bond donors (Lipinski definition) is 3. The summed E-state index contributed by atoms with van der Waals surface area (Å²) in [4.78, 5) is 33.2. The van der Waals surface area contributed by atoms with E-state index in [0.717, 1.165) is 0 Å². The lowest BCUT2D eigenvalue weighted by Gasteiger charge is -2.07. The van der Waals surface area contributed by atoms with Crippen molar-refractivity contribution in [2.75, 3.05) is 27.3 Å². The van der Waals surface area contributed by atoms with E-state index in [-0.39, 0.29) is 6.54 Å². The first kappa shape index (κ1) is 18.0. The second kappa shape index (κ2) is 9.08. The Morgan fingerprint density at radius 2 is 1.87 bits per heavy atom. The van der Waals surface area contributed by atoms with Gasteiger partial charge in [-0.3, -0.25) is 14.4 Å². The molecule has 124 valence electrons. The molecular weight excluding hydrogens is 304 g/mol. The van der Waals surface area contributed by atoms with Gasteiger partial charge in [0.05, 0.1) is 20.8 Å². The molecule has 0 aliphatic carbocycles. The number of carbonyl (C=O) groups excluding carboxylic acids is 2. The van der Waals surface area contributed by atoms with Crippen LogP contribution in [0, 0.1) is 0 Å². The summed E-state index contributed by atoms with van der Waals surface area (Å²) in [6.07, 6.45) is 2.76. The van der Waals surface area contributed by atoms with Gasteiger partial charge in [-0.2, -0.15) is 0 Å². The number of aliphatic carboxylic acids is 1. The summed E-state index contributed by atoms with van der Waals surface area (Å²) in [6, 6.07) is 5.13. The smallest absolute Gasteiger partial charge is 0.322 e. The Morgan fingerprint density at radius 1 is 1.13 bits per heavy atom. The van der Waals surface area contributed by atoms with Gasteiger partial charge in [0.15, 0.2) is 0 Å². The predicted molar refractivity (Wildman–Crippen MR) is 82.2 cm³/mol. The van der Waals surface area contributed by atoms with Gasteiger partial charge in [-0.15, -0.1) is 0 Å². The Morgan fingerprint density at radius 3 is 2.48 bits per heavy atom. The quantitative estimate of drug-likeness (QED) is 0.582. The Balaban J connectivity index is 2.58.